The van der Waals surface area contributed by atoms with Gasteiger partial charge in [-0.3, -0.25) is 4.79 Å². The Morgan fingerprint density at radius 1 is 0.778 bits per heavy atom. The molecule has 0 saturated heterocycles. The topological polar surface area (TPSA) is 52.6 Å². The van der Waals surface area contributed by atoms with Crippen LogP contribution in [0.25, 0.3) is 11.1 Å². The number of allylic oxidation sites excluding steroid dienone is 1. The standard InChI is InChI=1S/C32H36O4/c1-4-6-7-8-9-10-23-35-29-19-15-26(16-20-29)25-11-13-28(14-12-25)32(34)36-30-21-17-27(18-22-30)31(33)24(3)5-2/h4,11-22,24H,1,5-10,23H2,2-3H3/t24-/m0/s1. The van der Waals surface area contributed by atoms with Crippen LogP contribution < -0.4 is 9.47 Å². The zero-order valence-corrected chi connectivity index (χ0v) is 21.4. The first-order valence-corrected chi connectivity index (χ1v) is 12.8. The van der Waals surface area contributed by atoms with Gasteiger partial charge in [-0.2, -0.15) is 0 Å². The van der Waals surface area contributed by atoms with Crippen LogP contribution in [0, 0.1) is 5.92 Å². The van der Waals surface area contributed by atoms with Crippen LogP contribution in [0.15, 0.2) is 85.5 Å². The van der Waals surface area contributed by atoms with E-state index in [0.717, 1.165) is 42.7 Å². The maximum atomic E-state index is 12.6. The van der Waals surface area contributed by atoms with Crippen molar-refractivity contribution in [1.82, 2.24) is 0 Å². The molecule has 0 saturated carbocycles. The molecule has 0 aliphatic rings. The largest absolute Gasteiger partial charge is 0.494 e. The minimum atomic E-state index is -0.434. The predicted octanol–water partition coefficient (Wildman–Crippen LogP) is 8.32. The Balaban J connectivity index is 1.50. The number of ether oxygens (including phenoxy) is 2. The van der Waals surface area contributed by atoms with Crippen LogP contribution in [0.2, 0.25) is 0 Å². The number of benzene rings is 3. The summed E-state index contributed by atoms with van der Waals surface area (Å²) in [5.41, 5.74) is 3.15. The molecule has 0 aliphatic carbocycles. The smallest absolute Gasteiger partial charge is 0.343 e. The van der Waals surface area contributed by atoms with E-state index in [9.17, 15) is 9.59 Å². The molecule has 3 aromatic carbocycles. The summed E-state index contributed by atoms with van der Waals surface area (Å²) in [6.45, 7) is 8.38. The molecule has 0 radical (unpaired) electrons. The molecule has 4 heteroatoms. The number of esters is 1. The number of Topliss-reactive ketones (excluding diaryl/α,β-unsaturated/α-hetero) is 1. The van der Waals surface area contributed by atoms with Crippen LogP contribution in [0.5, 0.6) is 11.5 Å². The molecule has 3 rings (SSSR count). The van der Waals surface area contributed by atoms with Crippen molar-refractivity contribution in [2.45, 2.75) is 52.4 Å². The number of hydrogen-bond donors (Lipinski definition) is 0. The lowest BCUT2D eigenvalue weighted by molar-refractivity contribution is 0.0734. The SMILES string of the molecule is C=CCCCCCCOc1ccc(-c2ccc(C(=O)Oc3ccc(C(=O)[C@@H](C)CC)cc3)cc2)cc1. The van der Waals surface area contributed by atoms with Crippen LogP contribution in [-0.2, 0) is 0 Å². The van der Waals surface area contributed by atoms with Crippen LogP contribution in [0.4, 0.5) is 0 Å². The predicted molar refractivity (Wildman–Crippen MR) is 146 cm³/mol. The molecule has 4 nitrogen and oxygen atoms in total. The average Bonchev–Trinajstić information content (AvgIpc) is 2.92. The molecule has 3 aromatic rings. The Kier molecular flexibility index (Phi) is 10.5. The van der Waals surface area contributed by atoms with Gasteiger partial charge in [-0.1, -0.05) is 57.0 Å². The minimum absolute atomic E-state index is 0.0249. The molecule has 0 unspecified atom stereocenters. The van der Waals surface area contributed by atoms with Crippen LogP contribution in [0.3, 0.4) is 0 Å². The summed E-state index contributed by atoms with van der Waals surface area (Å²) >= 11 is 0. The summed E-state index contributed by atoms with van der Waals surface area (Å²) in [7, 11) is 0. The molecule has 0 heterocycles. The van der Waals surface area contributed by atoms with E-state index in [0.29, 0.717) is 16.9 Å². The zero-order valence-electron chi connectivity index (χ0n) is 21.4. The molecule has 0 spiro atoms. The lowest BCUT2D eigenvalue weighted by Crippen LogP contribution is -2.11. The minimum Gasteiger partial charge on any atom is -0.494 e. The Morgan fingerprint density at radius 2 is 1.33 bits per heavy atom. The van der Waals surface area contributed by atoms with Gasteiger partial charge in [0.25, 0.3) is 0 Å². The number of carbonyl (C=O) groups is 2. The van der Waals surface area contributed by atoms with Crippen molar-refractivity contribution in [1.29, 1.82) is 0 Å². The normalized spacial score (nSPS) is 11.5. The highest BCUT2D eigenvalue weighted by molar-refractivity contribution is 5.98. The first kappa shape index (κ1) is 26.9. The van der Waals surface area contributed by atoms with Crippen LogP contribution in [-0.4, -0.2) is 18.4 Å². The fourth-order valence-electron chi connectivity index (χ4n) is 3.80. The van der Waals surface area contributed by atoms with Gasteiger partial charge >= 0.3 is 5.97 Å². The highest BCUT2D eigenvalue weighted by Crippen LogP contribution is 2.24. The van der Waals surface area contributed by atoms with Gasteiger partial charge in [-0.25, -0.2) is 4.79 Å². The van der Waals surface area contributed by atoms with Crippen LogP contribution >= 0.6 is 0 Å². The summed E-state index contributed by atoms with van der Waals surface area (Å²) in [6.07, 6.45) is 8.48. The number of ketones is 1. The molecule has 188 valence electrons. The lowest BCUT2D eigenvalue weighted by atomic mass is 9.97. The molecular formula is C32H36O4. The molecule has 1 atom stereocenters. The third-order valence-corrected chi connectivity index (χ3v) is 6.29. The van der Waals surface area contributed by atoms with Crippen molar-refractivity contribution < 1.29 is 19.1 Å². The second kappa shape index (κ2) is 14.0. The molecule has 0 N–H and O–H groups in total. The maximum Gasteiger partial charge on any atom is 0.343 e. The van der Waals surface area contributed by atoms with E-state index in [1.54, 1.807) is 36.4 Å². The van der Waals surface area contributed by atoms with Crippen LogP contribution in [0.1, 0.15) is 73.1 Å². The van der Waals surface area contributed by atoms with E-state index < -0.39 is 5.97 Å². The second-order valence-electron chi connectivity index (χ2n) is 9.03. The third-order valence-electron chi connectivity index (χ3n) is 6.29. The fraction of sp³-hybridized carbons (Fsp3) is 0.312. The highest BCUT2D eigenvalue weighted by Gasteiger charge is 2.14. The van der Waals surface area contributed by atoms with E-state index in [1.807, 2.05) is 56.3 Å². The molecule has 0 bridgehead atoms. The van der Waals surface area contributed by atoms with Crippen molar-refractivity contribution >= 4 is 11.8 Å². The van der Waals surface area contributed by atoms with Gasteiger partial charge in [0.1, 0.15) is 11.5 Å². The monoisotopic (exact) mass is 484 g/mol. The summed E-state index contributed by atoms with van der Waals surface area (Å²) in [4.78, 5) is 24.8. The molecule has 0 amide bonds. The Morgan fingerprint density at radius 3 is 1.94 bits per heavy atom. The van der Waals surface area contributed by atoms with Crippen molar-refractivity contribution in [3.8, 4) is 22.6 Å². The Labute approximate surface area is 215 Å². The van der Waals surface area contributed by atoms with Gasteiger partial charge in [-0.15, -0.1) is 6.58 Å². The summed E-state index contributed by atoms with van der Waals surface area (Å²) in [6, 6.07) is 22.1. The Hall–Kier alpha value is -3.66. The van der Waals surface area contributed by atoms with E-state index in [2.05, 4.69) is 6.58 Å². The molecule has 0 aliphatic heterocycles. The van der Waals surface area contributed by atoms with E-state index in [-0.39, 0.29) is 11.7 Å². The quantitative estimate of drug-likeness (QED) is 0.0759. The van der Waals surface area contributed by atoms with Gasteiger partial charge in [0.15, 0.2) is 5.78 Å². The molecule has 0 aromatic heterocycles. The van der Waals surface area contributed by atoms with Crippen molar-refractivity contribution in [2.75, 3.05) is 6.61 Å². The lowest BCUT2D eigenvalue weighted by Gasteiger charge is -2.09. The van der Waals surface area contributed by atoms with Gasteiger partial charge in [0, 0.05) is 11.5 Å². The highest BCUT2D eigenvalue weighted by atomic mass is 16.5. The van der Waals surface area contributed by atoms with Crippen molar-refractivity contribution in [3.05, 3.63) is 96.6 Å². The first-order chi connectivity index (χ1) is 17.5. The summed E-state index contributed by atoms with van der Waals surface area (Å²) in [5.74, 6) is 0.915. The van der Waals surface area contributed by atoms with Crippen molar-refractivity contribution in [3.63, 3.8) is 0 Å². The van der Waals surface area contributed by atoms with Gasteiger partial charge in [0.2, 0.25) is 0 Å². The second-order valence-corrected chi connectivity index (χ2v) is 9.03. The number of carbonyl (C=O) groups excluding carboxylic acids is 2. The maximum absolute atomic E-state index is 12.6. The number of unbranched alkanes of at least 4 members (excludes halogenated alkanes) is 4. The first-order valence-electron chi connectivity index (χ1n) is 12.8. The zero-order chi connectivity index (χ0) is 25.8. The summed E-state index contributed by atoms with van der Waals surface area (Å²) < 4.78 is 11.3. The van der Waals surface area contributed by atoms with Gasteiger partial charge < -0.3 is 9.47 Å². The van der Waals surface area contributed by atoms with Gasteiger partial charge in [0.05, 0.1) is 12.2 Å². The third kappa shape index (κ3) is 7.94. The average molecular weight is 485 g/mol. The van der Waals surface area contributed by atoms with Gasteiger partial charge in [-0.05, 0) is 85.3 Å². The Bertz CT molecular complexity index is 1110. The fourth-order valence-corrected chi connectivity index (χ4v) is 3.80. The van der Waals surface area contributed by atoms with Crippen molar-refractivity contribution in [2.24, 2.45) is 5.92 Å². The van der Waals surface area contributed by atoms with E-state index in [4.69, 9.17) is 9.47 Å². The number of hydrogen-bond acceptors (Lipinski definition) is 4. The summed E-state index contributed by atoms with van der Waals surface area (Å²) in [5, 5.41) is 0. The van der Waals surface area contributed by atoms with E-state index in [1.165, 1.54) is 19.3 Å². The van der Waals surface area contributed by atoms with E-state index >= 15 is 0 Å². The molecular weight excluding hydrogens is 448 g/mol. The number of rotatable bonds is 14. The molecule has 36 heavy (non-hydrogen) atoms. The molecule has 0 fully saturated rings.